The van der Waals surface area contributed by atoms with E-state index in [0.717, 1.165) is 9.13 Å². The lowest BCUT2D eigenvalue weighted by molar-refractivity contribution is 0.00450. The van der Waals surface area contributed by atoms with Gasteiger partial charge in [0.25, 0.3) is 5.91 Å². The summed E-state index contributed by atoms with van der Waals surface area (Å²) < 4.78 is 6.31. The zero-order chi connectivity index (χ0) is 12.3. The Hall–Kier alpha value is -0.330. The Labute approximate surface area is 119 Å². The van der Waals surface area contributed by atoms with Crippen molar-refractivity contribution in [2.24, 2.45) is 0 Å². The van der Waals surface area contributed by atoms with Crippen LogP contribution < -0.4 is 0 Å². The van der Waals surface area contributed by atoms with Crippen molar-refractivity contribution >= 4 is 40.1 Å². The van der Waals surface area contributed by atoms with Gasteiger partial charge in [-0.3, -0.25) is 4.79 Å². The van der Waals surface area contributed by atoms with Crippen LogP contribution in [0.3, 0.4) is 0 Å². The molecule has 3 nitrogen and oxygen atoms in total. The van der Waals surface area contributed by atoms with E-state index in [9.17, 15) is 4.79 Å². The van der Waals surface area contributed by atoms with E-state index in [1.165, 1.54) is 0 Å². The first kappa shape index (κ1) is 13.1. The maximum Gasteiger partial charge on any atom is 0.255 e. The van der Waals surface area contributed by atoms with Crippen LogP contribution in [0.1, 0.15) is 10.4 Å². The Bertz CT molecular complexity index is 413. The average Bonchev–Trinajstić information content (AvgIpc) is 2.38. The summed E-state index contributed by atoms with van der Waals surface area (Å²) in [4.78, 5) is 14.2. The second kappa shape index (κ2) is 6.02. The summed E-state index contributed by atoms with van der Waals surface area (Å²) in [5.74, 6) is 0.457. The number of alkyl halides is 1. The molecule has 1 fully saturated rings. The van der Waals surface area contributed by atoms with Crippen LogP contribution in [-0.4, -0.2) is 42.5 Å². The molecule has 1 atom stereocenters. The highest BCUT2D eigenvalue weighted by molar-refractivity contribution is 14.1. The molecule has 0 radical (unpaired) electrons. The number of benzene rings is 1. The maximum atomic E-state index is 12.4. The average molecular weight is 366 g/mol. The third-order valence-electron chi connectivity index (χ3n) is 2.77. The van der Waals surface area contributed by atoms with Gasteiger partial charge in [-0.1, -0.05) is 12.1 Å². The predicted octanol–water partition coefficient (Wildman–Crippen LogP) is 2.37. The van der Waals surface area contributed by atoms with Crippen molar-refractivity contribution in [1.29, 1.82) is 0 Å². The summed E-state index contributed by atoms with van der Waals surface area (Å²) in [5, 5.41) is 0. The molecule has 5 heteroatoms. The molecule has 1 aromatic rings. The first-order valence-electron chi connectivity index (χ1n) is 5.43. The highest BCUT2D eigenvalue weighted by Crippen LogP contribution is 2.18. The lowest BCUT2D eigenvalue weighted by Gasteiger charge is -2.34. The molecule has 17 heavy (non-hydrogen) atoms. The number of ether oxygens (including phenoxy) is 1. The number of morpholine rings is 1. The summed E-state index contributed by atoms with van der Waals surface area (Å²) >= 11 is 8.05. The Morgan fingerprint density at radius 1 is 1.53 bits per heavy atom. The van der Waals surface area contributed by atoms with E-state index in [1.807, 2.05) is 29.2 Å². The second-order valence-corrected chi connectivity index (χ2v) is 5.33. The largest absolute Gasteiger partial charge is 0.377 e. The fourth-order valence-corrected chi connectivity index (χ4v) is 2.71. The van der Waals surface area contributed by atoms with E-state index < -0.39 is 0 Å². The monoisotopic (exact) mass is 365 g/mol. The molecule has 1 saturated heterocycles. The van der Waals surface area contributed by atoms with Gasteiger partial charge >= 0.3 is 0 Å². The minimum atomic E-state index is -0.0195. The van der Waals surface area contributed by atoms with Gasteiger partial charge in [0, 0.05) is 16.0 Å². The topological polar surface area (TPSA) is 29.5 Å². The van der Waals surface area contributed by atoms with Gasteiger partial charge in [0.15, 0.2) is 0 Å². The Morgan fingerprint density at radius 2 is 2.29 bits per heavy atom. The lowest BCUT2D eigenvalue weighted by atomic mass is 10.1. The zero-order valence-corrected chi connectivity index (χ0v) is 12.1. The van der Waals surface area contributed by atoms with Crippen molar-refractivity contribution in [3.63, 3.8) is 0 Å². The minimum Gasteiger partial charge on any atom is -0.377 e. The van der Waals surface area contributed by atoms with Gasteiger partial charge in [0.2, 0.25) is 0 Å². The fraction of sp³-hybridized carbons (Fsp3) is 0.417. The number of carbonyl (C=O) groups excluding carboxylic acids is 1. The Kier molecular flexibility index (Phi) is 4.64. The van der Waals surface area contributed by atoms with Gasteiger partial charge in [0.1, 0.15) is 0 Å². The molecule has 1 aliphatic heterocycles. The molecule has 1 aromatic carbocycles. The first-order chi connectivity index (χ1) is 8.24. The van der Waals surface area contributed by atoms with Crippen LogP contribution in [0.25, 0.3) is 0 Å². The minimum absolute atomic E-state index is 0.0195. The summed E-state index contributed by atoms with van der Waals surface area (Å²) in [6.07, 6.45) is 0. The molecule has 2 rings (SSSR count). The van der Waals surface area contributed by atoms with E-state index in [1.54, 1.807) is 0 Å². The number of rotatable bonds is 2. The van der Waals surface area contributed by atoms with E-state index >= 15 is 0 Å². The number of hydrogen-bond acceptors (Lipinski definition) is 2. The van der Waals surface area contributed by atoms with Crippen molar-refractivity contribution in [2.75, 3.05) is 25.6 Å². The number of carbonyl (C=O) groups is 1. The van der Waals surface area contributed by atoms with Crippen molar-refractivity contribution in [3.8, 4) is 0 Å². The fourth-order valence-electron chi connectivity index (χ4n) is 1.84. The van der Waals surface area contributed by atoms with Gasteiger partial charge in [-0.15, -0.1) is 11.6 Å². The van der Waals surface area contributed by atoms with E-state index in [0.29, 0.717) is 25.6 Å². The molecule has 0 aliphatic carbocycles. The van der Waals surface area contributed by atoms with Crippen molar-refractivity contribution in [3.05, 3.63) is 33.4 Å². The number of nitrogens with zero attached hydrogens (tertiary/aromatic N) is 1. The third kappa shape index (κ3) is 2.92. The molecule has 1 aliphatic rings. The lowest BCUT2D eigenvalue weighted by Crippen LogP contribution is -2.49. The van der Waals surface area contributed by atoms with Crippen LogP contribution in [0.4, 0.5) is 0 Å². The smallest absolute Gasteiger partial charge is 0.255 e. The molecule has 1 heterocycles. The van der Waals surface area contributed by atoms with Gasteiger partial charge in [-0.2, -0.15) is 0 Å². The summed E-state index contributed by atoms with van der Waals surface area (Å²) in [6, 6.07) is 7.57. The molecule has 92 valence electrons. The number of hydrogen-bond donors (Lipinski definition) is 0. The standard InChI is InChI=1S/C12H13ClINO2/c13-7-9-8-17-6-5-15(9)12(16)10-3-1-2-4-11(10)14/h1-4,9H,5-8H2. The van der Waals surface area contributed by atoms with E-state index in [4.69, 9.17) is 16.3 Å². The van der Waals surface area contributed by atoms with Crippen LogP contribution in [0, 0.1) is 3.57 Å². The Morgan fingerprint density at radius 3 is 3.00 bits per heavy atom. The van der Waals surface area contributed by atoms with Crippen LogP contribution in [0.5, 0.6) is 0 Å². The number of amides is 1. The SMILES string of the molecule is O=C(c1ccccc1I)N1CCOCC1CCl. The van der Waals surface area contributed by atoms with Gasteiger partial charge in [0.05, 0.1) is 24.8 Å². The number of halogens is 2. The molecule has 0 saturated carbocycles. The van der Waals surface area contributed by atoms with Gasteiger partial charge < -0.3 is 9.64 Å². The third-order valence-corrected chi connectivity index (χ3v) is 4.07. The molecular formula is C12H13ClINO2. The molecule has 1 amide bonds. The van der Waals surface area contributed by atoms with Crippen LogP contribution in [0.2, 0.25) is 0 Å². The maximum absolute atomic E-state index is 12.4. The Balaban J connectivity index is 2.21. The van der Waals surface area contributed by atoms with Crippen molar-refractivity contribution in [2.45, 2.75) is 6.04 Å². The molecule has 0 spiro atoms. The summed E-state index contributed by atoms with van der Waals surface area (Å²) in [7, 11) is 0. The molecule has 0 aromatic heterocycles. The first-order valence-corrected chi connectivity index (χ1v) is 7.04. The second-order valence-electron chi connectivity index (χ2n) is 3.86. The predicted molar refractivity (Wildman–Crippen MR) is 75.5 cm³/mol. The summed E-state index contributed by atoms with van der Waals surface area (Å²) in [5.41, 5.74) is 0.741. The van der Waals surface area contributed by atoms with Crippen molar-refractivity contribution < 1.29 is 9.53 Å². The van der Waals surface area contributed by atoms with Crippen LogP contribution >= 0.6 is 34.2 Å². The van der Waals surface area contributed by atoms with Crippen LogP contribution in [0.15, 0.2) is 24.3 Å². The quantitative estimate of drug-likeness (QED) is 0.595. The summed E-state index contributed by atoms with van der Waals surface area (Å²) in [6.45, 7) is 1.72. The van der Waals surface area contributed by atoms with Gasteiger partial charge in [-0.25, -0.2) is 0 Å². The molecule has 0 N–H and O–H groups in total. The highest BCUT2D eigenvalue weighted by atomic mass is 127. The van der Waals surface area contributed by atoms with E-state index in [-0.39, 0.29) is 11.9 Å². The molecule has 1 unspecified atom stereocenters. The normalized spacial score (nSPS) is 20.4. The zero-order valence-electron chi connectivity index (χ0n) is 9.23. The molecular weight excluding hydrogens is 352 g/mol. The van der Waals surface area contributed by atoms with Gasteiger partial charge in [-0.05, 0) is 34.7 Å². The van der Waals surface area contributed by atoms with Crippen LogP contribution in [-0.2, 0) is 4.74 Å². The van der Waals surface area contributed by atoms with E-state index in [2.05, 4.69) is 22.6 Å². The van der Waals surface area contributed by atoms with Crippen molar-refractivity contribution in [1.82, 2.24) is 4.90 Å². The molecule has 0 bridgehead atoms. The highest BCUT2D eigenvalue weighted by Gasteiger charge is 2.28.